The molecule has 0 aromatic carbocycles. The molecule has 1 fully saturated rings. The Bertz CT molecular complexity index is 263. The SMILES string of the molecule is C#CCC(CC)NC(=O)CC1(N)CCC1. The van der Waals surface area contributed by atoms with Gasteiger partial charge < -0.3 is 11.1 Å². The Kier molecular flexibility index (Phi) is 4.16. The number of hydrogen-bond acceptors (Lipinski definition) is 2. The Morgan fingerprint density at radius 2 is 2.33 bits per heavy atom. The fourth-order valence-electron chi connectivity index (χ4n) is 1.85. The Morgan fingerprint density at radius 3 is 2.73 bits per heavy atom. The van der Waals surface area contributed by atoms with Crippen LogP contribution in [0.15, 0.2) is 0 Å². The molecule has 1 aliphatic rings. The van der Waals surface area contributed by atoms with Crippen molar-refractivity contribution in [3.8, 4) is 12.3 Å². The minimum Gasteiger partial charge on any atom is -0.352 e. The summed E-state index contributed by atoms with van der Waals surface area (Å²) in [6, 6.07) is 0.103. The first-order chi connectivity index (χ1) is 7.09. The van der Waals surface area contributed by atoms with Crippen molar-refractivity contribution in [2.75, 3.05) is 0 Å². The molecule has 1 aliphatic carbocycles. The first kappa shape index (κ1) is 12.1. The van der Waals surface area contributed by atoms with Crippen LogP contribution in [0.2, 0.25) is 0 Å². The number of nitrogens with two attached hydrogens (primary N) is 1. The van der Waals surface area contributed by atoms with Gasteiger partial charge in [-0.3, -0.25) is 4.79 Å². The Morgan fingerprint density at radius 1 is 1.67 bits per heavy atom. The molecule has 0 aliphatic heterocycles. The minimum atomic E-state index is -0.238. The van der Waals surface area contributed by atoms with Gasteiger partial charge in [0.15, 0.2) is 0 Å². The molecule has 3 N–H and O–H groups in total. The molecule has 0 spiro atoms. The molecule has 0 radical (unpaired) electrons. The van der Waals surface area contributed by atoms with Crippen molar-refractivity contribution in [1.29, 1.82) is 0 Å². The van der Waals surface area contributed by atoms with E-state index in [-0.39, 0.29) is 17.5 Å². The average Bonchev–Trinajstić information content (AvgIpc) is 2.14. The molecule has 1 saturated carbocycles. The van der Waals surface area contributed by atoms with Gasteiger partial charge in [0.25, 0.3) is 0 Å². The molecule has 0 bridgehead atoms. The van der Waals surface area contributed by atoms with Crippen LogP contribution in [0, 0.1) is 12.3 Å². The van der Waals surface area contributed by atoms with Gasteiger partial charge in [-0.1, -0.05) is 6.92 Å². The van der Waals surface area contributed by atoms with Crippen molar-refractivity contribution in [3.05, 3.63) is 0 Å². The molecular weight excluding hydrogens is 188 g/mol. The summed E-state index contributed by atoms with van der Waals surface area (Å²) < 4.78 is 0. The predicted molar refractivity (Wildman–Crippen MR) is 61.1 cm³/mol. The van der Waals surface area contributed by atoms with Gasteiger partial charge in [0.2, 0.25) is 5.91 Å². The van der Waals surface area contributed by atoms with Crippen LogP contribution in [0.25, 0.3) is 0 Å². The topological polar surface area (TPSA) is 55.1 Å². The van der Waals surface area contributed by atoms with E-state index in [0.29, 0.717) is 12.8 Å². The third kappa shape index (κ3) is 3.56. The zero-order valence-corrected chi connectivity index (χ0v) is 9.38. The van der Waals surface area contributed by atoms with E-state index < -0.39 is 0 Å². The summed E-state index contributed by atoms with van der Waals surface area (Å²) in [7, 11) is 0. The van der Waals surface area contributed by atoms with Gasteiger partial charge in [-0.2, -0.15) is 0 Å². The molecular formula is C12H20N2O. The number of nitrogens with one attached hydrogen (secondary N) is 1. The van der Waals surface area contributed by atoms with Crippen LogP contribution in [0.3, 0.4) is 0 Å². The summed E-state index contributed by atoms with van der Waals surface area (Å²) >= 11 is 0. The van der Waals surface area contributed by atoms with Gasteiger partial charge in [-0.15, -0.1) is 12.3 Å². The van der Waals surface area contributed by atoms with Crippen LogP contribution in [0.1, 0.15) is 45.4 Å². The lowest BCUT2D eigenvalue weighted by molar-refractivity contribution is -0.123. The summed E-state index contributed by atoms with van der Waals surface area (Å²) in [5, 5.41) is 2.93. The molecule has 1 rings (SSSR count). The highest BCUT2D eigenvalue weighted by Crippen LogP contribution is 2.31. The van der Waals surface area contributed by atoms with Crippen LogP contribution in [-0.2, 0) is 4.79 Å². The van der Waals surface area contributed by atoms with Crippen LogP contribution in [0.4, 0.5) is 0 Å². The average molecular weight is 208 g/mol. The fourth-order valence-corrected chi connectivity index (χ4v) is 1.85. The zero-order chi connectivity index (χ0) is 11.3. The maximum absolute atomic E-state index is 11.6. The van der Waals surface area contributed by atoms with Crippen LogP contribution in [0.5, 0.6) is 0 Å². The lowest BCUT2D eigenvalue weighted by Crippen LogP contribution is -2.51. The van der Waals surface area contributed by atoms with Crippen molar-refractivity contribution in [2.24, 2.45) is 5.73 Å². The number of carbonyl (C=O) groups excluding carboxylic acids is 1. The van der Waals surface area contributed by atoms with E-state index >= 15 is 0 Å². The number of amides is 1. The number of rotatable bonds is 5. The van der Waals surface area contributed by atoms with Crippen LogP contribution < -0.4 is 11.1 Å². The first-order valence-electron chi connectivity index (χ1n) is 5.61. The normalized spacial score (nSPS) is 19.8. The largest absolute Gasteiger partial charge is 0.352 e. The van der Waals surface area contributed by atoms with E-state index in [1.165, 1.54) is 0 Å². The van der Waals surface area contributed by atoms with Crippen molar-refractivity contribution < 1.29 is 4.79 Å². The van der Waals surface area contributed by atoms with Gasteiger partial charge in [-0.05, 0) is 25.7 Å². The van der Waals surface area contributed by atoms with E-state index in [2.05, 4.69) is 11.2 Å². The van der Waals surface area contributed by atoms with Gasteiger partial charge >= 0.3 is 0 Å². The molecule has 84 valence electrons. The molecule has 1 atom stereocenters. The summed E-state index contributed by atoms with van der Waals surface area (Å²) in [5.41, 5.74) is 5.76. The maximum Gasteiger partial charge on any atom is 0.222 e. The molecule has 1 unspecified atom stereocenters. The highest BCUT2D eigenvalue weighted by atomic mass is 16.1. The molecule has 1 amide bonds. The van der Waals surface area contributed by atoms with Gasteiger partial charge in [-0.25, -0.2) is 0 Å². The molecule has 3 heteroatoms. The van der Waals surface area contributed by atoms with Gasteiger partial charge in [0.1, 0.15) is 0 Å². The minimum absolute atomic E-state index is 0.0410. The summed E-state index contributed by atoms with van der Waals surface area (Å²) in [4.78, 5) is 11.6. The second kappa shape index (κ2) is 5.18. The molecule has 0 aromatic rings. The van der Waals surface area contributed by atoms with Crippen molar-refractivity contribution in [3.63, 3.8) is 0 Å². The standard InChI is InChI=1S/C12H20N2O/c1-3-6-10(4-2)14-11(15)9-12(13)7-5-8-12/h1,10H,4-9,13H2,2H3,(H,14,15). The second-order valence-corrected chi connectivity index (χ2v) is 4.47. The number of carbonyl (C=O) groups is 1. The van der Waals surface area contributed by atoms with Gasteiger partial charge in [0.05, 0.1) is 0 Å². The third-order valence-corrected chi connectivity index (χ3v) is 3.08. The van der Waals surface area contributed by atoms with Crippen molar-refractivity contribution in [2.45, 2.75) is 57.0 Å². The monoisotopic (exact) mass is 208 g/mol. The molecule has 3 nitrogen and oxygen atoms in total. The Labute approximate surface area is 91.8 Å². The van der Waals surface area contributed by atoms with E-state index in [1.807, 2.05) is 6.92 Å². The summed E-state index contributed by atoms with van der Waals surface area (Å²) in [6.07, 6.45) is 10.2. The van der Waals surface area contributed by atoms with Crippen molar-refractivity contribution >= 4 is 5.91 Å². The highest BCUT2D eigenvalue weighted by Gasteiger charge is 2.34. The lowest BCUT2D eigenvalue weighted by Gasteiger charge is -2.37. The molecule has 0 saturated heterocycles. The number of terminal acetylenes is 1. The van der Waals surface area contributed by atoms with Gasteiger partial charge in [0, 0.05) is 24.4 Å². The molecule has 15 heavy (non-hydrogen) atoms. The summed E-state index contributed by atoms with van der Waals surface area (Å²) in [5.74, 6) is 2.61. The zero-order valence-electron chi connectivity index (χ0n) is 9.38. The fraction of sp³-hybridized carbons (Fsp3) is 0.750. The third-order valence-electron chi connectivity index (χ3n) is 3.08. The van der Waals surface area contributed by atoms with E-state index in [9.17, 15) is 4.79 Å². The van der Waals surface area contributed by atoms with E-state index in [4.69, 9.17) is 12.2 Å². The van der Waals surface area contributed by atoms with Crippen molar-refractivity contribution in [1.82, 2.24) is 5.32 Å². The Balaban J connectivity index is 2.31. The highest BCUT2D eigenvalue weighted by molar-refractivity contribution is 5.77. The second-order valence-electron chi connectivity index (χ2n) is 4.47. The lowest BCUT2D eigenvalue weighted by atomic mass is 9.75. The smallest absolute Gasteiger partial charge is 0.222 e. The maximum atomic E-state index is 11.6. The van der Waals surface area contributed by atoms with Crippen LogP contribution >= 0.6 is 0 Å². The first-order valence-corrected chi connectivity index (χ1v) is 5.61. The Hall–Kier alpha value is -1.01. The summed E-state index contributed by atoms with van der Waals surface area (Å²) in [6.45, 7) is 2.02. The quantitative estimate of drug-likeness (QED) is 0.666. The van der Waals surface area contributed by atoms with E-state index in [0.717, 1.165) is 25.7 Å². The molecule has 0 aromatic heterocycles. The predicted octanol–water partition coefficient (Wildman–Crippen LogP) is 1.18. The number of hydrogen-bond donors (Lipinski definition) is 2. The van der Waals surface area contributed by atoms with E-state index in [1.54, 1.807) is 0 Å². The molecule has 0 heterocycles. The van der Waals surface area contributed by atoms with Crippen LogP contribution in [-0.4, -0.2) is 17.5 Å².